The van der Waals surface area contributed by atoms with Gasteiger partial charge in [0.25, 0.3) is 0 Å². The normalized spacial score (nSPS) is 23.9. The van der Waals surface area contributed by atoms with Gasteiger partial charge >= 0.3 is 0 Å². The Balaban J connectivity index is 1.55. The fraction of sp³-hybridized carbons (Fsp3) is 0.667. The number of pyridine rings is 1. The molecular formula is C18H26ClN3O. The van der Waals surface area contributed by atoms with E-state index in [4.69, 9.17) is 11.6 Å². The zero-order valence-corrected chi connectivity index (χ0v) is 14.6. The Bertz CT molecular complexity index is 526. The van der Waals surface area contributed by atoms with Crippen LogP contribution >= 0.6 is 11.6 Å². The van der Waals surface area contributed by atoms with Gasteiger partial charge in [0.1, 0.15) is 5.15 Å². The molecular weight excluding hydrogens is 310 g/mol. The molecule has 0 aliphatic carbocycles. The molecule has 0 aromatic carbocycles. The van der Waals surface area contributed by atoms with Crippen LogP contribution < -0.4 is 0 Å². The Labute approximate surface area is 143 Å². The van der Waals surface area contributed by atoms with E-state index in [1.807, 2.05) is 18.3 Å². The third-order valence-electron chi connectivity index (χ3n) is 5.14. The minimum Gasteiger partial charge on any atom is -0.342 e. The summed E-state index contributed by atoms with van der Waals surface area (Å²) in [6.45, 7) is 6.95. The fourth-order valence-corrected chi connectivity index (χ4v) is 3.76. The standard InChI is InChI=1S/C18H26ClN3O/c1-14-6-9-22(10-7-14)18(23)16-3-2-8-21(13-16)12-15-4-5-17(19)20-11-15/h4-5,11,14,16H,2-3,6-10,12-13H2,1H3/t16-/m0/s1. The molecule has 0 N–H and O–H groups in total. The van der Waals surface area contributed by atoms with Crippen LogP contribution in [-0.4, -0.2) is 46.9 Å². The number of likely N-dealkylation sites (tertiary alicyclic amines) is 2. The molecule has 1 atom stereocenters. The molecule has 3 heterocycles. The largest absolute Gasteiger partial charge is 0.342 e. The molecule has 0 bridgehead atoms. The highest BCUT2D eigenvalue weighted by atomic mass is 35.5. The van der Waals surface area contributed by atoms with Crippen molar-refractivity contribution in [1.29, 1.82) is 0 Å². The van der Waals surface area contributed by atoms with Crippen molar-refractivity contribution in [3.63, 3.8) is 0 Å². The Morgan fingerprint density at radius 3 is 2.74 bits per heavy atom. The summed E-state index contributed by atoms with van der Waals surface area (Å²) in [6.07, 6.45) is 6.26. The Kier molecular flexibility index (Phi) is 5.54. The maximum absolute atomic E-state index is 12.8. The predicted molar refractivity (Wildman–Crippen MR) is 92.2 cm³/mol. The van der Waals surface area contributed by atoms with Gasteiger partial charge in [-0.15, -0.1) is 0 Å². The van der Waals surface area contributed by atoms with Gasteiger partial charge < -0.3 is 4.90 Å². The number of rotatable bonds is 3. The molecule has 1 aromatic heterocycles. The van der Waals surface area contributed by atoms with Crippen LogP contribution in [0.3, 0.4) is 0 Å². The second-order valence-electron chi connectivity index (χ2n) is 7.07. The van der Waals surface area contributed by atoms with Crippen LogP contribution in [-0.2, 0) is 11.3 Å². The number of hydrogen-bond donors (Lipinski definition) is 0. The molecule has 2 aliphatic rings. The van der Waals surface area contributed by atoms with Gasteiger partial charge in [-0.3, -0.25) is 9.69 Å². The lowest BCUT2D eigenvalue weighted by Crippen LogP contribution is -2.46. The fourth-order valence-electron chi connectivity index (χ4n) is 3.65. The molecule has 3 rings (SSSR count). The van der Waals surface area contributed by atoms with Crippen molar-refractivity contribution in [2.45, 2.75) is 39.2 Å². The zero-order chi connectivity index (χ0) is 16.2. The second-order valence-corrected chi connectivity index (χ2v) is 7.46. The zero-order valence-electron chi connectivity index (χ0n) is 13.9. The van der Waals surface area contributed by atoms with E-state index in [1.54, 1.807) is 0 Å². The second kappa shape index (κ2) is 7.63. The van der Waals surface area contributed by atoms with Crippen LogP contribution in [0.15, 0.2) is 18.3 Å². The van der Waals surface area contributed by atoms with Gasteiger partial charge in [0, 0.05) is 32.4 Å². The van der Waals surface area contributed by atoms with Gasteiger partial charge in [-0.25, -0.2) is 4.98 Å². The summed E-state index contributed by atoms with van der Waals surface area (Å²) in [6, 6.07) is 3.85. The predicted octanol–water partition coefficient (Wildman–Crippen LogP) is 3.21. The topological polar surface area (TPSA) is 36.4 Å². The quantitative estimate of drug-likeness (QED) is 0.796. The van der Waals surface area contributed by atoms with Gasteiger partial charge in [-0.05, 0) is 49.8 Å². The summed E-state index contributed by atoms with van der Waals surface area (Å²) >= 11 is 5.84. The smallest absolute Gasteiger partial charge is 0.226 e. The number of nitrogens with zero attached hydrogens (tertiary/aromatic N) is 3. The number of aromatic nitrogens is 1. The monoisotopic (exact) mass is 335 g/mol. The van der Waals surface area contributed by atoms with E-state index >= 15 is 0 Å². The molecule has 0 saturated carbocycles. The SMILES string of the molecule is CC1CCN(C(=O)[C@H]2CCCN(Cc3ccc(Cl)nc3)C2)CC1. The van der Waals surface area contributed by atoms with Crippen molar-refractivity contribution < 1.29 is 4.79 Å². The van der Waals surface area contributed by atoms with E-state index < -0.39 is 0 Å². The molecule has 2 aliphatic heterocycles. The van der Waals surface area contributed by atoms with Gasteiger partial charge in [-0.2, -0.15) is 0 Å². The maximum Gasteiger partial charge on any atom is 0.226 e. The number of carbonyl (C=O) groups is 1. The molecule has 2 fully saturated rings. The summed E-state index contributed by atoms with van der Waals surface area (Å²) in [7, 11) is 0. The minimum absolute atomic E-state index is 0.164. The molecule has 126 valence electrons. The highest BCUT2D eigenvalue weighted by molar-refractivity contribution is 6.29. The molecule has 0 spiro atoms. The number of hydrogen-bond acceptors (Lipinski definition) is 3. The van der Waals surface area contributed by atoms with Crippen molar-refractivity contribution in [3.05, 3.63) is 29.0 Å². The molecule has 5 heteroatoms. The number of piperidine rings is 2. The third-order valence-corrected chi connectivity index (χ3v) is 5.37. The Hall–Kier alpha value is -1.13. The van der Waals surface area contributed by atoms with Crippen LogP contribution in [0.4, 0.5) is 0 Å². The van der Waals surface area contributed by atoms with Crippen LogP contribution in [0.1, 0.15) is 38.2 Å². The summed E-state index contributed by atoms with van der Waals surface area (Å²) in [4.78, 5) is 21.4. The van der Waals surface area contributed by atoms with Crippen LogP contribution in [0.2, 0.25) is 5.15 Å². The molecule has 23 heavy (non-hydrogen) atoms. The third kappa shape index (κ3) is 4.45. The first-order chi connectivity index (χ1) is 11.1. The van der Waals surface area contributed by atoms with E-state index in [-0.39, 0.29) is 5.92 Å². The Morgan fingerprint density at radius 1 is 1.26 bits per heavy atom. The van der Waals surface area contributed by atoms with E-state index in [9.17, 15) is 4.79 Å². The molecule has 1 aromatic rings. The molecule has 1 amide bonds. The lowest BCUT2D eigenvalue weighted by Gasteiger charge is -2.37. The molecule has 0 unspecified atom stereocenters. The molecule has 0 radical (unpaired) electrons. The summed E-state index contributed by atoms with van der Waals surface area (Å²) in [5.41, 5.74) is 1.16. The minimum atomic E-state index is 0.164. The number of halogens is 1. The van der Waals surface area contributed by atoms with Crippen LogP contribution in [0.5, 0.6) is 0 Å². The van der Waals surface area contributed by atoms with E-state index in [1.165, 1.54) is 0 Å². The summed E-state index contributed by atoms with van der Waals surface area (Å²) < 4.78 is 0. The average molecular weight is 336 g/mol. The van der Waals surface area contributed by atoms with Crippen molar-refractivity contribution in [1.82, 2.24) is 14.8 Å². The van der Waals surface area contributed by atoms with E-state index in [0.717, 1.165) is 69.9 Å². The highest BCUT2D eigenvalue weighted by Crippen LogP contribution is 2.24. The van der Waals surface area contributed by atoms with Crippen LogP contribution in [0, 0.1) is 11.8 Å². The average Bonchev–Trinajstić information content (AvgIpc) is 2.57. The lowest BCUT2D eigenvalue weighted by atomic mass is 9.93. The first-order valence-electron chi connectivity index (χ1n) is 8.73. The van der Waals surface area contributed by atoms with Gasteiger partial charge in [0.05, 0.1) is 5.92 Å². The first-order valence-corrected chi connectivity index (χ1v) is 9.11. The highest BCUT2D eigenvalue weighted by Gasteiger charge is 2.30. The van der Waals surface area contributed by atoms with Crippen molar-refractivity contribution in [3.8, 4) is 0 Å². The number of amides is 1. The molecule has 4 nitrogen and oxygen atoms in total. The van der Waals surface area contributed by atoms with E-state index in [2.05, 4.69) is 21.7 Å². The Morgan fingerprint density at radius 2 is 2.04 bits per heavy atom. The molecule has 2 saturated heterocycles. The van der Waals surface area contributed by atoms with Gasteiger partial charge in [-0.1, -0.05) is 24.6 Å². The van der Waals surface area contributed by atoms with Crippen molar-refractivity contribution in [2.24, 2.45) is 11.8 Å². The van der Waals surface area contributed by atoms with Gasteiger partial charge in [0.2, 0.25) is 5.91 Å². The number of carbonyl (C=O) groups excluding carboxylic acids is 1. The van der Waals surface area contributed by atoms with Crippen molar-refractivity contribution in [2.75, 3.05) is 26.2 Å². The van der Waals surface area contributed by atoms with E-state index in [0.29, 0.717) is 11.1 Å². The first kappa shape index (κ1) is 16.7. The van der Waals surface area contributed by atoms with Crippen molar-refractivity contribution >= 4 is 17.5 Å². The van der Waals surface area contributed by atoms with Gasteiger partial charge in [0.15, 0.2) is 0 Å². The van der Waals surface area contributed by atoms with Crippen LogP contribution in [0.25, 0.3) is 0 Å². The lowest BCUT2D eigenvalue weighted by molar-refractivity contribution is -0.138. The summed E-state index contributed by atoms with van der Waals surface area (Å²) in [5.74, 6) is 1.30. The summed E-state index contributed by atoms with van der Waals surface area (Å²) in [5, 5.41) is 0.528. The maximum atomic E-state index is 12.8.